The second kappa shape index (κ2) is 5.21. The molecule has 20 heavy (non-hydrogen) atoms. The Balaban J connectivity index is 1.95. The molecule has 1 saturated carbocycles. The maximum Gasteiger partial charge on any atom is 0.110 e. The number of imidazole rings is 1. The standard InChI is InChI=1S/C17H25N3/c1-13-6-7-15-14(10-13)19-16(20(15)2)11-17(12-18)8-4-3-5-9-17/h6-7,10H,3-5,8-9,11-12,18H2,1-2H3. The predicted molar refractivity (Wildman–Crippen MR) is 83.7 cm³/mol. The van der Waals surface area contributed by atoms with E-state index in [4.69, 9.17) is 10.7 Å². The Morgan fingerprint density at radius 2 is 2.00 bits per heavy atom. The fourth-order valence-electron chi connectivity index (χ4n) is 3.61. The number of hydrogen-bond donors (Lipinski definition) is 1. The lowest BCUT2D eigenvalue weighted by molar-refractivity contribution is 0.192. The van der Waals surface area contributed by atoms with Crippen molar-refractivity contribution in [1.82, 2.24) is 9.55 Å². The summed E-state index contributed by atoms with van der Waals surface area (Å²) in [6.07, 6.45) is 7.54. The molecular weight excluding hydrogens is 246 g/mol. The van der Waals surface area contributed by atoms with Gasteiger partial charge in [0.05, 0.1) is 11.0 Å². The van der Waals surface area contributed by atoms with Gasteiger partial charge in [-0.25, -0.2) is 4.98 Å². The summed E-state index contributed by atoms with van der Waals surface area (Å²) >= 11 is 0. The lowest BCUT2D eigenvalue weighted by Crippen LogP contribution is -2.35. The highest BCUT2D eigenvalue weighted by Crippen LogP contribution is 2.38. The Labute approximate surface area is 121 Å². The summed E-state index contributed by atoms with van der Waals surface area (Å²) in [4.78, 5) is 4.87. The molecule has 0 atom stereocenters. The van der Waals surface area contributed by atoms with Crippen LogP contribution in [0.5, 0.6) is 0 Å². The van der Waals surface area contributed by atoms with Crippen LogP contribution in [0.15, 0.2) is 18.2 Å². The third-order valence-corrected chi connectivity index (χ3v) is 5.01. The molecule has 1 aromatic heterocycles. The van der Waals surface area contributed by atoms with Gasteiger partial charge >= 0.3 is 0 Å². The van der Waals surface area contributed by atoms with Crippen LogP contribution in [-0.2, 0) is 13.5 Å². The number of hydrogen-bond acceptors (Lipinski definition) is 2. The van der Waals surface area contributed by atoms with Crippen LogP contribution >= 0.6 is 0 Å². The summed E-state index contributed by atoms with van der Waals surface area (Å²) in [7, 11) is 2.13. The van der Waals surface area contributed by atoms with Gasteiger partial charge in [-0.3, -0.25) is 0 Å². The van der Waals surface area contributed by atoms with Gasteiger partial charge in [0, 0.05) is 13.5 Å². The van der Waals surface area contributed by atoms with Crippen LogP contribution in [0.1, 0.15) is 43.5 Å². The zero-order chi connectivity index (χ0) is 14.2. The highest BCUT2D eigenvalue weighted by Gasteiger charge is 2.32. The van der Waals surface area contributed by atoms with Gasteiger partial charge in [0.2, 0.25) is 0 Å². The molecule has 0 radical (unpaired) electrons. The minimum atomic E-state index is 0.280. The van der Waals surface area contributed by atoms with Crippen molar-refractivity contribution in [3.05, 3.63) is 29.6 Å². The van der Waals surface area contributed by atoms with E-state index in [-0.39, 0.29) is 5.41 Å². The topological polar surface area (TPSA) is 43.8 Å². The van der Waals surface area contributed by atoms with E-state index in [1.54, 1.807) is 0 Å². The molecule has 108 valence electrons. The van der Waals surface area contributed by atoms with E-state index in [9.17, 15) is 0 Å². The van der Waals surface area contributed by atoms with E-state index in [1.807, 2.05) is 0 Å². The third-order valence-electron chi connectivity index (χ3n) is 5.01. The molecule has 2 aromatic rings. The molecule has 1 aromatic carbocycles. The molecule has 0 aliphatic heterocycles. The van der Waals surface area contributed by atoms with Crippen LogP contribution in [0.3, 0.4) is 0 Å². The van der Waals surface area contributed by atoms with Crippen molar-refractivity contribution in [2.45, 2.75) is 45.4 Å². The highest BCUT2D eigenvalue weighted by molar-refractivity contribution is 5.76. The van der Waals surface area contributed by atoms with E-state index in [1.165, 1.54) is 49.0 Å². The Morgan fingerprint density at radius 3 is 2.70 bits per heavy atom. The Bertz CT molecular complexity index is 606. The average Bonchev–Trinajstić information content (AvgIpc) is 2.75. The molecule has 3 heteroatoms. The molecule has 1 aliphatic rings. The molecule has 0 amide bonds. The molecule has 1 heterocycles. The van der Waals surface area contributed by atoms with Crippen molar-refractivity contribution >= 4 is 11.0 Å². The summed E-state index contributed by atoms with van der Waals surface area (Å²) in [6, 6.07) is 6.51. The first-order chi connectivity index (χ1) is 9.63. The van der Waals surface area contributed by atoms with Crippen molar-refractivity contribution in [3.63, 3.8) is 0 Å². The minimum absolute atomic E-state index is 0.280. The summed E-state index contributed by atoms with van der Waals surface area (Å²) in [5, 5.41) is 0. The summed E-state index contributed by atoms with van der Waals surface area (Å²) < 4.78 is 2.25. The number of rotatable bonds is 3. The van der Waals surface area contributed by atoms with Crippen molar-refractivity contribution in [2.75, 3.05) is 6.54 Å². The Morgan fingerprint density at radius 1 is 1.25 bits per heavy atom. The van der Waals surface area contributed by atoms with Gasteiger partial charge in [-0.1, -0.05) is 25.3 Å². The van der Waals surface area contributed by atoms with Crippen LogP contribution < -0.4 is 5.73 Å². The summed E-state index contributed by atoms with van der Waals surface area (Å²) in [6.45, 7) is 2.91. The molecule has 3 rings (SSSR count). The number of fused-ring (bicyclic) bond motifs is 1. The molecule has 2 N–H and O–H groups in total. The molecule has 0 unspecified atom stereocenters. The third kappa shape index (κ3) is 2.35. The number of aryl methyl sites for hydroxylation is 2. The zero-order valence-corrected chi connectivity index (χ0v) is 12.7. The van der Waals surface area contributed by atoms with Crippen molar-refractivity contribution in [1.29, 1.82) is 0 Å². The number of nitrogens with zero attached hydrogens (tertiary/aromatic N) is 2. The second-order valence-electron chi connectivity index (χ2n) is 6.52. The van der Waals surface area contributed by atoms with Gasteiger partial charge in [-0.05, 0) is 49.4 Å². The first-order valence-corrected chi connectivity index (χ1v) is 7.76. The van der Waals surface area contributed by atoms with Crippen LogP contribution in [0.25, 0.3) is 11.0 Å². The van der Waals surface area contributed by atoms with Gasteiger partial charge < -0.3 is 10.3 Å². The van der Waals surface area contributed by atoms with E-state index >= 15 is 0 Å². The maximum atomic E-state index is 6.12. The monoisotopic (exact) mass is 271 g/mol. The van der Waals surface area contributed by atoms with Crippen LogP contribution in [-0.4, -0.2) is 16.1 Å². The zero-order valence-electron chi connectivity index (χ0n) is 12.7. The van der Waals surface area contributed by atoms with Crippen molar-refractivity contribution < 1.29 is 0 Å². The predicted octanol–water partition coefficient (Wildman–Crippen LogP) is 3.33. The van der Waals surface area contributed by atoms with Gasteiger partial charge in [0.1, 0.15) is 5.82 Å². The lowest BCUT2D eigenvalue weighted by Gasteiger charge is -2.36. The van der Waals surface area contributed by atoms with Gasteiger partial charge in [0.15, 0.2) is 0 Å². The van der Waals surface area contributed by atoms with Crippen LogP contribution in [0, 0.1) is 12.3 Å². The van der Waals surface area contributed by atoms with Gasteiger partial charge in [-0.15, -0.1) is 0 Å². The van der Waals surface area contributed by atoms with Crippen molar-refractivity contribution in [2.24, 2.45) is 18.2 Å². The fourth-order valence-corrected chi connectivity index (χ4v) is 3.61. The van der Waals surface area contributed by atoms with E-state index in [0.29, 0.717) is 0 Å². The molecular formula is C17H25N3. The first-order valence-electron chi connectivity index (χ1n) is 7.76. The van der Waals surface area contributed by atoms with E-state index in [2.05, 4.69) is 36.7 Å². The minimum Gasteiger partial charge on any atom is -0.331 e. The lowest BCUT2D eigenvalue weighted by atomic mass is 9.71. The normalized spacial score (nSPS) is 18.6. The van der Waals surface area contributed by atoms with Crippen LogP contribution in [0.4, 0.5) is 0 Å². The number of benzene rings is 1. The highest BCUT2D eigenvalue weighted by atomic mass is 15.1. The number of aromatic nitrogens is 2. The fraction of sp³-hybridized carbons (Fsp3) is 0.588. The largest absolute Gasteiger partial charge is 0.331 e. The van der Waals surface area contributed by atoms with Crippen molar-refractivity contribution in [3.8, 4) is 0 Å². The van der Waals surface area contributed by atoms with E-state index in [0.717, 1.165) is 18.5 Å². The van der Waals surface area contributed by atoms with Gasteiger partial charge in [-0.2, -0.15) is 0 Å². The van der Waals surface area contributed by atoms with Gasteiger partial charge in [0.25, 0.3) is 0 Å². The summed E-state index contributed by atoms with van der Waals surface area (Å²) in [5.41, 5.74) is 10.0. The summed E-state index contributed by atoms with van der Waals surface area (Å²) in [5.74, 6) is 1.19. The average molecular weight is 271 g/mol. The smallest absolute Gasteiger partial charge is 0.110 e. The number of nitrogens with two attached hydrogens (primary N) is 1. The SMILES string of the molecule is Cc1ccc2c(c1)nc(CC1(CN)CCCCC1)n2C. The molecule has 1 fully saturated rings. The molecule has 0 spiro atoms. The molecule has 3 nitrogen and oxygen atoms in total. The first kappa shape index (κ1) is 13.6. The molecule has 0 bridgehead atoms. The Kier molecular flexibility index (Phi) is 3.55. The molecule has 1 aliphatic carbocycles. The maximum absolute atomic E-state index is 6.12. The quantitative estimate of drug-likeness (QED) is 0.930. The van der Waals surface area contributed by atoms with E-state index < -0.39 is 0 Å². The molecule has 0 saturated heterocycles. The second-order valence-corrected chi connectivity index (χ2v) is 6.52. The van der Waals surface area contributed by atoms with Crippen LogP contribution in [0.2, 0.25) is 0 Å². The Hall–Kier alpha value is -1.35.